The van der Waals surface area contributed by atoms with Crippen LogP contribution in [0.3, 0.4) is 0 Å². The Bertz CT molecular complexity index is 375. The first-order valence-corrected chi connectivity index (χ1v) is 5.70. The largest absolute Gasteiger partial charge is 0.480 e. The number of carbonyl (C=O) groups is 1. The van der Waals surface area contributed by atoms with E-state index in [9.17, 15) is 4.79 Å². The van der Waals surface area contributed by atoms with Crippen molar-refractivity contribution in [1.82, 2.24) is 14.7 Å². The van der Waals surface area contributed by atoms with Gasteiger partial charge in [-0.25, -0.2) is 0 Å². The van der Waals surface area contributed by atoms with Gasteiger partial charge in [0.25, 0.3) is 0 Å². The summed E-state index contributed by atoms with van der Waals surface area (Å²) in [6, 6.07) is 2.18. The molecule has 1 fully saturated rings. The minimum atomic E-state index is -0.762. The van der Waals surface area contributed by atoms with Gasteiger partial charge >= 0.3 is 5.97 Å². The Morgan fingerprint density at radius 2 is 2.50 bits per heavy atom. The third-order valence-corrected chi connectivity index (χ3v) is 3.03. The zero-order valence-electron chi connectivity index (χ0n) is 9.46. The fraction of sp³-hybridized carbons (Fsp3) is 0.636. The molecule has 0 aromatic carbocycles. The number of aliphatic carboxylic acids is 1. The van der Waals surface area contributed by atoms with Crippen molar-refractivity contribution in [3.63, 3.8) is 0 Å². The number of nitrogens with zero attached hydrogens (tertiary/aromatic N) is 3. The van der Waals surface area contributed by atoms with Crippen LogP contribution >= 0.6 is 0 Å². The molecule has 0 aliphatic carbocycles. The maximum atomic E-state index is 10.7. The first kappa shape index (κ1) is 11.1. The molecule has 2 heterocycles. The maximum Gasteiger partial charge on any atom is 0.317 e. The number of carboxylic acids is 1. The van der Waals surface area contributed by atoms with Crippen LogP contribution in [0, 0.1) is 0 Å². The number of likely N-dealkylation sites (tertiary alicyclic amines) is 1. The van der Waals surface area contributed by atoms with Crippen LogP contribution in [-0.4, -0.2) is 38.8 Å². The third-order valence-electron chi connectivity index (χ3n) is 3.03. The van der Waals surface area contributed by atoms with E-state index in [1.54, 1.807) is 0 Å². The lowest BCUT2D eigenvalue weighted by Crippen LogP contribution is -2.29. The molecule has 1 aromatic heterocycles. The average Bonchev–Trinajstić information content (AvgIpc) is 2.84. The van der Waals surface area contributed by atoms with E-state index in [2.05, 4.69) is 5.10 Å². The minimum absolute atomic E-state index is 0.115. The van der Waals surface area contributed by atoms with Crippen LogP contribution < -0.4 is 0 Å². The first-order chi connectivity index (χ1) is 7.70. The van der Waals surface area contributed by atoms with E-state index in [1.165, 1.54) is 0 Å². The highest BCUT2D eigenvalue weighted by molar-refractivity contribution is 5.69. The van der Waals surface area contributed by atoms with Crippen molar-refractivity contribution in [2.75, 3.05) is 13.1 Å². The minimum Gasteiger partial charge on any atom is -0.480 e. The van der Waals surface area contributed by atoms with Gasteiger partial charge < -0.3 is 5.11 Å². The molecular formula is C11H17N3O2. The molecule has 1 atom stereocenters. The van der Waals surface area contributed by atoms with Gasteiger partial charge in [-0.1, -0.05) is 0 Å². The van der Waals surface area contributed by atoms with E-state index in [4.69, 9.17) is 5.11 Å². The Balaban J connectivity index is 2.09. The van der Waals surface area contributed by atoms with E-state index < -0.39 is 5.97 Å². The summed E-state index contributed by atoms with van der Waals surface area (Å²) < 4.78 is 1.88. The number of hydrogen-bond donors (Lipinski definition) is 1. The zero-order chi connectivity index (χ0) is 11.5. The van der Waals surface area contributed by atoms with E-state index >= 15 is 0 Å². The highest BCUT2D eigenvalue weighted by Crippen LogP contribution is 2.30. The summed E-state index contributed by atoms with van der Waals surface area (Å²) in [7, 11) is 0. The molecule has 1 N–H and O–H groups in total. The molecule has 5 nitrogen and oxygen atoms in total. The number of carboxylic acid groups (broad SMARTS) is 1. The molecule has 0 saturated carbocycles. The molecule has 0 bridgehead atoms. The molecule has 88 valence electrons. The van der Waals surface area contributed by atoms with Crippen LogP contribution in [0.25, 0.3) is 0 Å². The second kappa shape index (κ2) is 4.65. The van der Waals surface area contributed by atoms with Crippen molar-refractivity contribution < 1.29 is 9.90 Å². The highest BCUT2D eigenvalue weighted by atomic mass is 16.4. The van der Waals surface area contributed by atoms with Gasteiger partial charge in [0.05, 0.1) is 18.3 Å². The molecule has 5 heteroatoms. The fourth-order valence-corrected chi connectivity index (χ4v) is 2.26. The van der Waals surface area contributed by atoms with Crippen molar-refractivity contribution in [2.45, 2.75) is 32.4 Å². The Morgan fingerprint density at radius 1 is 1.69 bits per heavy atom. The predicted octanol–water partition coefficient (Wildman–Crippen LogP) is 1.12. The number of aryl methyl sites for hydroxylation is 1. The summed E-state index contributed by atoms with van der Waals surface area (Å²) in [6.07, 6.45) is 4.01. The lowest BCUT2D eigenvalue weighted by molar-refractivity contribution is -0.138. The normalized spacial score (nSPS) is 21.4. The Morgan fingerprint density at radius 3 is 3.12 bits per heavy atom. The molecule has 16 heavy (non-hydrogen) atoms. The smallest absolute Gasteiger partial charge is 0.317 e. The van der Waals surface area contributed by atoms with Crippen LogP contribution in [0.1, 0.15) is 31.5 Å². The van der Waals surface area contributed by atoms with Gasteiger partial charge in [-0.05, 0) is 32.4 Å². The van der Waals surface area contributed by atoms with Crippen LogP contribution in [-0.2, 0) is 11.3 Å². The first-order valence-electron chi connectivity index (χ1n) is 5.70. The summed E-state index contributed by atoms with van der Waals surface area (Å²) in [5, 5.41) is 13.3. The maximum absolute atomic E-state index is 10.7. The summed E-state index contributed by atoms with van der Waals surface area (Å²) in [5.74, 6) is -0.762. The predicted molar refractivity (Wildman–Crippen MR) is 59.1 cm³/mol. The van der Waals surface area contributed by atoms with Crippen molar-refractivity contribution in [3.8, 4) is 0 Å². The summed E-state index contributed by atoms with van der Waals surface area (Å²) >= 11 is 0. The summed E-state index contributed by atoms with van der Waals surface area (Å²) in [5.41, 5.74) is 1.00. The quantitative estimate of drug-likeness (QED) is 0.831. The molecule has 1 aromatic rings. The molecular weight excluding hydrogens is 206 g/mol. The van der Waals surface area contributed by atoms with Crippen LogP contribution in [0.5, 0.6) is 0 Å². The van der Waals surface area contributed by atoms with Crippen LogP contribution in [0.2, 0.25) is 0 Å². The van der Waals surface area contributed by atoms with Gasteiger partial charge in [-0.3, -0.25) is 14.4 Å². The number of aromatic nitrogens is 2. The van der Waals surface area contributed by atoms with Crippen molar-refractivity contribution in [1.29, 1.82) is 0 Å². The topological polar surface area (TPSA) is 58.4 Å². The Hall–Kier alpha value is -1.36. The van der Waals surface area contributed by atoms with Crippen molar-refractivity contribution in [3.05, 3.63) is 18.0 Å². The van der Waals surface area contributed by atoms with Gasteiger partial charge in [0, 0.05) is 12.7 Å². The van der Waals surface area contributed by atoms with E-state index in [0.29, 0.717) is 0 Å². The molecule has 1 aliphatic heterocycles. The average molecular weight is 223 g/mol. The zero-order valence-corrected chi connectivity index (χ0v) is 9.46. The lowest BCUT2D eigenvalue weighted by Gasteiger charge is -2.20. The molecule has 0 spiro atoms. The Labute approximate surface area is 94.7 Å². The van der Waals surface area contributed by atoms with Crippen molar-refractivity contribution >= 4 is 5.97 Å². The van der Waals surface area contributed by atoms with Gasteiger partial charge in [0.2, 0.25) is 0 Å². The van der Waals surface area contributed by atoms with E-state index in [1.807, 2.05) is 28.8 Å². The molecule has 0 radical (unpaired) electrons. The number of rotatable bonds is 4. The van der Waals surface area contributed by atoms with Crippen LogP contribution in [0.15, 0.2) is 12.3 Å². The second-order valence-corrected chi connectivity index (χ2v) is 4.12. The van der Waals surface area contributed by atoms with Gasteiger partial charge in [0.1, 0.15) is 0 Å². The summed E-state index contributed by atoms with van der Waals surface area (Å²) in [4.78, 5) is 12.7. The monoisotopic (exact) mass is 223 g/mol. The fourth-order valence-electron chi connectivity index (χ4n) is 2.26. The standard InChI is InChI=1S/C11H17N3O2/c1-2-14-7-5-9(12-14)10-4-3-6-13(10)8-11(15)16/h5,7,10H,2-4,6,8H2,1H3,(H,15,16). The second-order valence-electron chi connectivity index (χ2n) is 4.12. The number of hydrogen-bond acceptors (Lipinski definition) is 3. The van der Waals surface area contributed by atoms with E-state index in [-0.39, 0.29) is 12.6 Å². The van der Waals surface area contributed by atoms with Gasteiger partial charge in [-0.15, -0.1) is 0 Å². The van der Waals surface area contributed by atoms with Gasteiger partial charge in [-0.2, -0.15) is 5.10 Å². The molecule has 1 unspecified atom stereocenters. The lowest BCUT2D eigenvalue weighted by atomic mass is 10.1. The SMILES string of the molecule is CCn1ccc(C2CCCN2CC(=O)O)n1. The van der Waals surface area contributed by atoms with Gasteiger partial charge in [0.15, 0.2) is 0 Å². The molecule has 0 amide bonds. The molecule has 1 aliphatic rings. The Kier molecular flexibility index (Phi) is 3.24. The third kappa shape index (κ3) is 2.24. The van der Waals surface area contributed by atoms with E-state index in [0.717, 1.165) is 31.6 Å². The van der Waals surface area contributed by atoms with Crippen molar-refractivity contribution in [2.24, 2.45) is 0 Å². The summed E-state index contributed by atoms with van der Waals surface area (Å²) in [6.45, 7) is 3.87. The van der Waals surface area contributed by atoms with Crippen LogP contribution in [0.4, 0.5) is 0 Å². The molecule has 2 rings (SSSR count). The highest BCUT2D eigenvalue weighted by Gasteiger charge is 2.28. The molecule has 1 saturated heterocycles.